The summed E-state index contributed by atoms with van der Waals surface area (Å²) in [7, 11) is 2.99. The lowest BCUT2D eigenvalue weighted by Gasteiger charge is -2.30. The molecule has 0 aliphatic rings. The molecule has 15 heteroatoms. The Morgan fingerprint density at radius 1 is 0.684 bits per heavy atom. The fraction of sp³-hybridized carbons (Fsp3) is 0.500. The zero-order valence-electron chi connectivity index (χ0n) is 34.5. The van der Waals surface area contributed by atoms with Gasteiger partial charge in [0.1, 0.15) is 35.8 Å². The van der Waals surface area contributed by atoms with E-state index in [1.807, 2.05) is 55.5 Å². The van der Waals surface area contributed by atoms with Gasteiger partial charge in [-0.25, -0.2) is 14.6 Å². The van der Waals surface area contributed by atoms with Gasteiger partial charge in [0.2, 0.25) is 23.6 Å². The first-order valence-electron chi connectivity index (χ1n) is 19.2. The summed E-state index contributed by atoms with van der Waals surface area (Å²) in [6, 6.07) is 12.6. The number of carbonyl (C=O) groups excluding carboxylic acids is 6. The summed E-state index contributed by atoms with van der Waals surface area (Å²) in [5.41, 5.74) is 1.36. The van der Waals surface area contributed by atoms with Gasteiger partial charge in [-0.15, -0.1) is 0 Å². The second-order valence-electron chi connectivity index (χ2n) is 15.5. The van der Waals surface area contributed by atoms with Crippen molar-refractivity contribution in [3.63, 3.8) is 0 Å². The number of imidazole rings is 1. The smallest absolute Gasteiger partial charge is 0.408 e. The van der Waals surface area contributed by atoms with E-state index in [2.05, 4.69) is 31.6 Å². The fourth-order valence-corrected chi connectivity index (χ4v) is 5.96. The van der Waals surface area contributed by atoms with Crippen LogP contribution in [0.4, 0.5) is 4.79 Å². The van der Waals surface area contributed by atoms with Crippen molar-refractivity contribution in [1.29, 1.82) is 0 Å². The maximum absolute atomic E-state index is 14.2. The monoisotopic (exact) mass is 789 g/mol. The van der Waals surface area contributed by atoms with Crippen LogP contribution < -0.4 is 26.6 Å². The molecule has 1 heterocycles. The molecular weight excluding hydrogens is 731 g/mol. The van der Waals surface area contributed by atoms with Gasteiger partial charge >= 0.3 is 12.1 Å². The van der Waals surface area contributed by atoms with Gasteiger partial charge in [-0.3, -0.25) is 19.2 Å². The number of aromatic nitrogens is 2. The summed E-state index contributed by atoms with van der Waals surface area (Å²) < 4.78 is 12.1. The SMILES string of the molecule is CC[C@H](C)[C@@H](NC(=O)[C@H](Cc1cncn1C)NC(=O)OC(C)(C)C)C(=O)N[C@@H](Cc1ccccc1)C(=O)N[C@@H](C(=O)N[C@@H](Cc1ccccc1)C(=O)OC)C(C)C. The Kier molecular flexibility index (Phi) is 17.3. The maximum atomic E-state index is 14.2. The highest BCUT2D eigenvalue weighted by Gasteiger charge is 2.36. The van der Waals surface area contributed by atoms with E-state index >= 15 is 0 Å². The number of aryl methyl sites for hydroxylation is 1. The van der Waals surface area contributed by atoms with Crippen molar-refractivity contribution in [1.82, 2.24) is 36.1 Å². The van der Waals surface area contributed by atoms with E-state index in [9.17, 15) is 28.8 Å². The molecular formula is C42H59N7O8. The Hall–Kier alpha value is -5.73. The van der Waals surface area contributed by atoms with Crippen molar-refractivity contribution in [3.8, 4) is 0 Å². The predicted octanol–water partition coefficient (Wildman–Crippen LogP) is 3.16. The third-order valence-electron chi connectivity index (χ3n) is 9.38. The number of hydrogen-bond donors (Lipinski definition) is 5. The largest absolute Gasteiger partial charge is 0.467 e. The highest BCUT2D eigenvalue weighted by Crippen LogP contribution is 2.14. The summed E-state index contributed by atoms with van der Waals surface area (Å²) >= 11 is 0. The van der Waals surface area contributed by atoms with Gasteiger partial charge in [-0.1, -0.05) is 94.8 Å². The number of nitrogens with one attached hydrogen (secondary N) is 5. The topological polar surface area (TPSA) is 199 Å². The molecule has 310 valence electrons. The second-order valence-corrected chi connectivity index (χ2v) is 15.5. The summed E-state index contributed by atoms with van der Waals surface area (Å²) in [6.45, 7) is 12.3. The van der Waals surface area contributed by atoms with Crippen LogP contribution >= 0.6 is 0 Å². The highest BCUT2D eigenvalue weighted by atomic mass is 16.6. The minimum Gasteiger partial charge on any atom is -0.467 e. The molecule has 2 aromatic carbocycles. The van der Waals surface area contributed by atoms with Crippen molar-refractivity contribution < 1.29 is 38.2 Å². The Balaban J connectivity index is 1.87. The van der Waals surface area contributed by atoms with Crippen LogP contribution in [0.5, 0.6) is 0 Å². The van der Waals surface area contributed by atoms with Crippen LogP contribution in [0.3, 0.4) is 0 Å². The van der Waals surface area contributed by atoms with Crippen LogP contribution in [0.1, 0.15) is 71.7 Å². The van der Waals surface area contributed by atoms with Crippen LogP contribution in [0.2, 0.25) is 0 Å². The average Bonchev–Trinajstić information content (AvgIpc) is 3.57. The van der Waals surface area contributed by atoms with Gasteiger partial charge in [-0.05, 0) is 43.7 Å². The summed E-state index contributed by atoms with van der Waals surface area (Å²) in [6.07, 6.45) is 3.11. The molecule has 5 amide bonds. The van der Waals surface area contributed by atoms with E-state index in [1.54, 1.807) is 77.8 Å². The third-order valence-corrected chi connectivity index (χ3v) is 9.38. The molecule has 0 saturated carbocycles. The van der Waals surface area contributed by atoms with Gasteiger partial charge in [0.05, 0.1) is 13.4 Å². The van der Waals surface area contributed by atoms with Crippen LogP contribution in [0.25, 0.3) is 0 Å². The van der Waals surface area contributed by atoms with Crippen LogP contribution in [-0.2, 0) is 59.8 Å². The van der Waals surface area contributed by atoms with Crippen LogP contribution in [0.15, 0.2) is 73.2 Å². The minimum atomic E-state index is -1.18. The van der Waals surface area contributed by atoms with E-state index in [0.29, 0.717) is 12.1 Å². The first kappa shape index (κ1) is 45.7. The summed E-state index contributed by atoms with van der Waals surface area (Å²) in [5.74, 6) is -3.98. The van der Waals surface area contributed by atoms with Crippen LogP contribution in [-0.4, -0.2) is 88.2 Å². The standard InChI is InChI=1S/C42H59N7O8/c1-10-27(4)35(48-37(51)32(23-30-24-43-25-49(30)8)46-41(55)57-42(5,6)7)39(53)44-31(21-28-17-13-11-14-18-28)36(50)47-34(26(2)3)38(52)45-33(40(54)56-9)22-29-19-15-12-16-20-29/h11-20,24-27,31-35H,10,21-23H2,1-9H3,(H,44,53)(H,45,52)(H,46,55)(H,47,50)(H,48,51)/t27-,31-,32-,33-,34+,35+/m0/s1. The number of hydrogen-bond acceptors (Lipinski definition) is 9. The molecule has 0 saturated heterocycles. The van der Waals surface area contributed by atoms with Crippen molar-refractivity contribution in [3.05, 3.63) is 90.0 Å². The van der Waals surface area contributed by atoms with Crippen molar-refractivity contribution >= 4 is 35.7 Å². The van der Waals surface area contributed by atoms with Gasteiger partial charge in [0.15, 0.2) is 0 Å². The lowest BCUT2D eigenvalue weighted by molar-refractivity contribution is -0.145. The Labute approximate surface area is 335 Å². The Morgan fingerprint density at radius 3 is 1.65 bits per heavy atom. The number of carbonyl (C=O) groups is 6. The first-order valence-corrected chi connectivity index (χ1v) is 19.2. The number of rotatable bonds is 19. The molecule has 6 atom stereocenters. The van der Waals surface area contributed by atoms with E-state index < -0.39 is 83.3 Å². The maximum Gasteiger partial charge on any atom is 0.408 e. The molecule has 0 bridgehead atoms. The molecule has 0 spiro atoms. The first-order chi connectivity index (χ1) is 26.9. The van der Waals surface area contributed by atoms with Crippen molar-refractivity contribution in [2.24, 2.45) is 18.9 Å². The van der Waals surface area contributed by atoms with Crippen molar-refractivity contribution in [2.75, 3.05) is 7.11 Å². The van der Waals surface area contributed by atoms with Gasteiger partial charge in [-0.2, -0.15) is 0 Å². The molecule has 3 rings (SSSR count). The van der Waals surface area contributed by atoms with Gasteiger partial charge in [0.25, 0.3) is 0 Å². The number of methoxy groups -OCH3 is 1. The molecule has 57 heavy (non-hydrogen) atoms. The highest BCUT2D eigenvalue weighted by molar-refractivity contribution is 5.96. The third kappa shape index (κ3) is 14.7. The fourth-order valence-electron chi connectivity index (χ4n) is 5.96. The van der Waals surface area contributed by atoms with E-state index in [-0.39, 0.29) is 19.3 Å². The normalized spacial score (nSPS) is 14.5. The van der Waals surface area contributed by atoms with E-state index in [0.717, 1.165) is 11.1 Å². The number of ether oxygens (including phenoxy) is 2. The number of esters is 1. The van der Waals surface area contributed by atoms with Gasteiger partial charge in [0, 0.05) is 38.2 Å². The molecule has 0 fully saturated rings. The summed E-state index contributed by atoms with van der Waals surface area (Å²) in [4.78, 5) is 85.7. The minimum absolute atomic E-state index is 0.0519. The van der Waals surface area contributed by atoms with Crippen LogP contribution in [0, 0.1) is 11.8 Å². The average molecular weight is 790 g/mol. The number of benzene rings is 2. The molecule has 3 aromatic rings. The quantitative estimate of drug-likeness (QED) is 0.113. The molecule has 1 aromatic heterocycles. The second kappa shape index (κ2) is 21.5. The Bertz CT molecular complexity index is 1790. The Morgan fingerprint density at radius 2 is 1.18 bits per heavy atom. The molecule has 5 N–H and O–H groups in total. The van der Waals surface area contributed by atoms with E-state index in [4.69, 9.17) is 9.47 Å². The summed E-state index contributed by atoms with van der Waals surface area (Å²) in [5, 5.41) is 13.8. The van der Waals surface area contributed by atoms with E-state index in [1.165, 1.54) is 7.11 Å². The number of amides is 5. The van der Waals surface area contributed by atoms with Crippen molar-refractivity contribution in [2.45, 2.75) is 110 Å². The van der Waals surface area contributed by atoms with Gasteiger partial charge < -0.3 is 40.6 Å². The number of alkyl carbamates (subject to hydrolysis) is 1. The molecule has 0 aliphatic carbocycles. The zero-order chi connectivity index (χ0) is 42.3. The molecule has 0 aliphatic heterocycles. The lowest BCUT2D eigenvalue weighted by atomic mass is 9.96. The lowest BCUT2D eigenvalue weighted by Crippen LogP contribution is -2.61. The predicted molar refractivity (Wildman–Crippen MR) is 214 cm³/mol. The molecule has 0 radical (unpaired) electrons. The zero-order valence-corrected chi connectivity index (χ0v) is 34.5. The molecule has 15 nitrogen and oxygen atoms in total. The number of nitrogens with zero attached hydrogens (tertiary/aromatic N) is 2. The molecule has 0 unspecified atom stereocenters.